The van der Waals surface area contributed by atoms with Gasteiger partial charge in [-0.3, -0.25) is 14.5 Å². The standard InChI is InChI=1S/C18H29ClN4O5S/c1-13(23(4)12-17(24)20-9-6-10-28-5)18(25)21-14-7-8-15(19)16(11-14)29(26,27)22(2)3/h7-8,11,13H,6,9-10,12H2,1-5H3,(H,20,24)(H,21,25). The number of sulfonamides is 1. The van der Waals surface area contributed by atoms with E-state index in [-0.39, 0.29) is 28.3 Å². The van der Waals surface area contributed by atoms with E-state index in [2.05, 4.69) is 10.6 Å². The van der Waals surface area contributed by atoms with Crippen molar-refractivity contribution >= 4 is 39.1 Å². The maximum Gasteiger partial charge on any atom is 0.244 e. The first-order valence-corrected chi connectivity index (χ1v) is 10.8. The van der Waals surface area contributed by atoms with Crippen molar-refractivity contribution in [1.82, 2.24) is 14.5 Å². The van der Waals surface area contributed by atoms with Crippen molar-refractivity contribution in [3.63, 3.8) is 0 Å². The van der Waals surface area contributed by atoms with Gasteiger partial charge in [0.05, 0.1) is 17.6 Å². The molecule has 0 heterocycles. The van der Waals surface area contributed by atoms with Gasteiger partial charge in [0.1, 0.15) is 4.90 Å². The van der Waals surface area contributed by atoms with Gasteiger partial charge in [0, 0.05) is 40.0 Å². The third-order valence-corrected chi connectivity index (χ3v) is 6.54. The summed E-state index contributed by atoms with van der Waals surface area (Å²) in [6, 6.07) is 3.62. The summed E-state index contributed by atoms with van der Waals surface area (Å²) in [7, 11) is 2.29. The number of hydrogen-bond donors (Lipinski definition) is 2. The Balaban J connectivity index is 2.74. The van der Waals surface area contributed by atoms with Crippen molar-refractivity contribution < 1.29 is 22.7 Å². The molecule has 1 unspecified atom stereocenters. The first kappa shape index (κ1) is 25.3. The molecule has 1 atom stereocenters. The number of ether oxygens (including phenoxy) is 1. The molecule has 0 saturated heterocycles. The number of halogens is 1. The predicted molar refractivity (Wildman–Crippen MR) is 113 cm³/mol. The Morgan fingerprint density at radius 3 is 2.48 bits per heavy atom. The van der Waals surface area contributed by atoms with Crippen molar-refractivity contribution in [2.24, 2.45) is 0 Å². The van der Waals surface area contributed by atoms with Gasteiger partial charge in [0.2, 0.25) is 21.8 Å². The van der Waals surface area contributed by atoms with Crippen LogP contribution >= 0.6 is 11.6 Å². The molecule has 0 bridgehead atoms. The number of carbonyl (C=O) groups excluding carboxylic acids is 2. The van der Waals surface area contributed by atoms with Gasteiger partial charge in [-0.15, -0.1) is 0 Å². The maximum atomic E-state index is 12.5. The van der Waals surface area contributed by atoms with Crippen LogP contribution in [0.4, 0.5) is 5.69 Å². The van der Waals surface area contributed by atoms with Crippen LogP contribution in [0.2, 0.25) is 5.02 Å². The smallest absolute Gasteiger partial charge is 0.244 e. The van der Waals surface area contributed by atoms with Crippen molar-refractivity contribution in [2.45, 2.75) is 24.3 Å². The van der Waals surface area contributed by atoms with Gasteiger partial charge in [-0.25, -0.2) is 12.7 Å². The largest absolute Gasteiger partial charge is 0.385 e. The molecule has 1 aromatic rings. The minimum absolute atomic E-state index is 0.0441. The number of likely N-dealkylation sites (N-methyl/N-ethyl adjacent to an activating group) is 1. The Labute approximate surface area is 177 Å². The molecule has 164 valence electrons. The highest BCUT2D eigenvalue weighted by Gasteiger charge is 2.23. The van der Waals surface area contributed by atoms with Gasteiger partial charge < -0.3 is 15.4 Å². The molecule has 1 aromatic carbocycles. The van der Waals surface area contributed by atoms with Crippen molar-refractivity contribution in [3.8, 4) is 0 Å². The van der Waals surface area contributed by atoms with Crippen LogP contribution in [0.3, 0.4) is 0 Å². The molecule has 0 spiro atoms. The number of methoxy groups -OCH3 is 1. The van der Waals surface area contributed by atoms with Gasteiger partial charge in [-0.1, -0.05) is 11.6 Å². The Morgan fingerprint density at radius 1 is 1.24 bits per heavy atom. The molecule has 0 aliphatic heterocycles. The van der Waals surface area contributed by atoms with Crippen LogP contribution in [0.15, 0.2) is 23.1 Å². The van der Waals surface area contributed by atoms with E-state index in [1.54, 1.807) is 26.0 Å². The summed E-state index contributed by atoms with van der Waals surface area (Å²) < 4.78 is 30.7. The minimum atomic E-state index is -3.75. The van der Waals surface area contributed by atoms with E-state index < -0.39 is 16.1 Å². The molecule has 0 radical (unpaired) electrons. The number of rotatable bonds is 11. The Bertz CT molecular complexity index is 816. The van der Waals surface area contributed by atoms with Crippen LogP contribution in [0, 0.1) is 0 Å². The van der Waals surface area contributed by atoms with Gasteiger partial charge in [-0.05, 0) is 38.6 Å². The predicted octanol–water partition coefficient (Wildman–Crippen LogP) is 1.00. The number of amides is 2. The molecular weight excluding hydrogens is 420 g/mol. The normalized spacial score (nSPS) is 12.8. The summed E-state index contributed by atoms with van der Waals surface area (Å²) in [5.41, 5.74) is 0.295. The highest BCUT2D eigenvalue weighted by Crippen LogP contribution is 2.27. The first-order valence-electron chi connectivity index (χ1n) is 8.99. The monoisotopic (exact) mass is 448 g/mol. The van der Waals surface area contributed by atoms with Crippen LogP contribution in [-0.4, -0.2) is 83.4 Å². The summed E-state index contributed by atoms with van der Waals surface area (Å²) in [6.07, 6.45) is 0.705. The second-order valence-corrected chi connectivity index (χ2v) is 9.24. The second-order valence-electron chi connectivity index (χ2n) is 6.71. The Hall–Kier alpha value is -1.72. The zero-order valence-corrected chi connectivity index (χ0v) is 18.9. The first-order chi connectivity index (χ1) is 13.5. The number of carbonyl (C=O) groups is 2. The van der Waals surface area contributed by atoms with E-state index >= 15 is 0 Å². The quantitative estimate of drug-likeness (QED) is 0.489. The average Bonchev–Trinajstić information content (AvgIpc) is 2.65. The fourth-order valence-corrected chi connectivity index (χ4v) is 3.68. The molecule has 1 rings (SSSR count). The summed E-state index contributed by atoms with van der Waals surface area (Å²) in [6.45, 7) is 2.75. The molecule has 0 fully saturated rings. The highest BCUT2D eigenvalue weighted by atomic mass is 35.5. The Kier molecular flexibility index (Phi) is 10.0. The molecule has 11 heteroatoms. The van der Waals surface area contributed by atoms with Crippen molar-refractivity contribution in [3.05, 3.63) is 23.2 Å². The van der Waals surface area contributed by atoms with Crippen LogP contribution in [-0.2, 0) is 24.3 Å². The van der Waals surface area contributed by atoms with Crippen LogP contribution < -0.4 is 10.6 Å². The molecule has 2 amide bonds. The topological polar surface area (TPSA) is 108 Å². The Morgan fingerprint density at radius 2 is 1.90 bits per heavy atom. The highest BCUT2D eigenvalue weighted by molar-refractivity contribution is 7.89. The fraction of sp³-hybridized carbons (Fsp3) is 0.556. The zero-order valence-electron chi connectivity index (χ0n) is 17.4. The van der Waals surface area contributed by atoms with E-state index in [9.17, 15) is 18.0 Å². The lowest BCUT2D eigenvalue weighted by Crippen LogP contribution is -2.45. The number of anilines is 1. The number of hydrogen-bond acceptors (Lipinski definition) is 6. The van der Waals surface area contributed by atoms with Crippen LogP contribution in [0.5, 0.6) is 0 Å². The average molecular weight is 449 g/mol. The maximum absolute atomic E-state index is 12.5. The van der Waals surface area contributed by atoms with Crippen LogP contribution in [0.25, 0.3) is 0 Å². The molecule has 29 heavy (non-hydrogen) atoms. The van der Waals surface area contributed by atoms with Crippen LogP contribution in [0.1, 0.15) is 13.3 Å². The van der Waals surface area contributed by atoms with Gasteiger partial charge in [-0.2, -0.15) is 0 Å². The molecule has 0 aliphatic carbocycles. The van der Waals surface area contributed by atoms with Gasteiger partial charge >= 0.3 is 0 Å². The van der Waals surface area contributed by atoms with Crippen molar-refractivity contribution in [2.75, 3.05) is 53.3 Å². The zero-order chi connectivity index (χ0) is 22.2. The van der Waals surface area contributed by atoms with E-state index in [0.717, 1.165) is 4.31 Å². The summed E-state index contributed by atoms with van der Waals surface area (Å²) in [5, 5.41) is 5.48. The molecule has 0 aliphatic rings. The van der Waals surface area contributed by atoms with E-state index in [4.69, 9.17) is 16.3 Å². The molecular formula is C18H29ClN4O5S. The third-order valence-electron chi connectivity index (χ3n) is 4.24. The fourth-order valence-electron chi connectivity index (χ4n) is 2.29. The molecule has 9 nitrogen and oxygen atoms in total. The summed E-state index contributed by atoms with van der Waals surface area (Å²) in [5.74, 6) is -0.579. The number of nitrogens with zero attached hydrogens (tertiary/aromatic N) is 2. The number of benzene rings is 1. The van der Waals surface area contributed by atoms with E-state index in [1.165, 1.54) is 32.3 Å². The number of nitrogens with one attached hydrogen (secondary N) is 2. The lowest BCUT2D eigenvalue weighted by molar-refractivity contribution is -0.124. The van der Waals surface area contributed by atoms with Gasteiger partial charge in [0.25, 0.3) is 0 Å². The molecule has 0 aromatic heterocycles. The molecule has 2 N–H and O–H groups in total. The van der Waals surface area contributed by atoms with E-state index in [0.29, 0.717) is 25.3 Å². The summed E-state index contributed by atoms with van der Waals surface area (Å²) >= 11 is 6.01. The third kappa shape index (κ3) is 7.56. The summed E-state index contributed by atoms with van der Waals surface area (Å²) in [4.78, 5) is 26.0. The lowest BCUT2D eigenvalue weighted by Gasteiger charge is -2.23. The SMILES string of the molecule is COCCCNC(=O)CN(C)C(C)C(=O)Nc1ccc(Cl)c(S(=O)(=O)N(C)C)c1. The minimum Gasteiger partial charge on any atom is -0.385 e. The molecule has 0 saturated carbocycles. The van der Waals surface area contributed by atoms with Gasteiger partial charge in [0.15, 0.2) is 0 Å². The lowest BCUT2D eigenvalue weighted by atomic mass is 10.2. The second kappa shape index (κ2) is 11.5. The van der Waals surface area contributed by atoms with Crippen molar-refractivity contribution in [1.29, 1.82) is 0 Å². The van der Waals surface area contributed by atoms with E-state index in [1.807, 2.05) is 0 Å².